The van der Waals surface area contributed by atoms with Crippen LogP contribution in [-0.4, -0.2) is 54.3 Å². The molecule has 1 aliphatic carbocycles. The van der Waals surface area contributed by atoms with E-state index in [0.717, 1.165) is 44.1 Å². The highest BCUT2D eigenvalue weighted by atomic mass is 16.5. The Morgan fingerprint density at radius 3 is 2.45 bits per heavy atom. The number of carbonyl (C=O) groups is 3. The third kappa shape index (κ3) is 4.16. The molecule has 0 bridgehead atoms. The molecule has 2 aliphatic rings. The predicted molar refractivity (Wildman–Crippen MR) is 111 cm³/mol. The van der Waals surface area contributed by atoms with Crippen LogP contribution in [0.2, 0.25) is 0 Å². The summed E-state index contributed by atoms with van der Waals surface area (Å²) < 4.78 is 5.24. The molecule has 3 amide bonds. The van der Waals surface area contributed by atoms with Crippen molar-refractivity contribution in [2.75, 3.05) is 20.7 Å². The van der Waals surface area contributed by atoms with Crippen LogP contribution in [0.1, 0.15) is 63.9 Å². The number of benzene rings is 1. The number of imide groups is 1. The standard InChI is InChI=1S/C23H32N2O4/c1-4-5-14-24(2)20(26)15-23(17-10-12-19(29-3)13-11-17)16-21(27)25(22(23)28)18-8-6-7-9-18/h10-13,18H,4-9,14-16H2,1-3H3. The zero-order valence-electron chi connectivity index (χ0n) is 17.8. The minimum absolute atomic E-state index is 0.0212. The molecule has 29 heavy (non-hydrogen) atoms. The van der Waals surface area contributed by atoms with Crippen LogP contribution in [0.3, 0.4) is 0 Å². The second kappa shape index (κ2) is 8.97. The number of ether oxygens (including phenoxy) is 1. The van der Waals surface area contributed by atoms with Gasteiger partial charge in [0.15, 0.2) is 0 Å². The van der Waals surface area contributed by atoms with Crippen LogP contribution in [0.15, 0.2) is 24.3 Å². The van der Waals surface area contributed by atoms with E-state index in [0.29, 0.717) is 12.3 Å². The fourth-order valence-electron chi connectivity index (χ4n) is 4.58. The quantitative estimate of drug-likeness (QED) is 0.628. The van der Waals surface area contributed by atoms with Crippen molar-refractivity contribution in [2.24, 2.45) is 0 Å². The Morgan fingerprint density at radius 1 is 1.21 bits per heavy atom. The first kappa shape index (κ1) is 21.3. The first-order chi connectivity index (χ1) is 13.9. The number of methoxy groups -OCH3 is 1. The van der Waals surface area contributed by atoms with Crippen molar-refractivity contribution in [3.05, 3.63) is 29.8 Å². The lowest BCUT2D eigenvalue weighted by atomic mass is 9.75. The minimum Gasteiger partial charge on any atom is -0.497 e. The first-order valence-corrected chi connectivity index (χ1v) is 10.7. The Morgan fingerprint density at radius 2 is 1.86 bits per heavy atom. The average Bonchev–Trinajstić information content (AvgIpc) is 3.33. The van der Waals surface area contributed by atoms with E-state index in [4.69, 9.17) is 4.74 Å². The number of rotatable bonds is 8. The number of hydrogen-bond donors (Lipinski definition) is 0. The molecular formula is C23H32N2O4. The first-order valence-electron chi connectivity index (χ1n) is 10.7. The van der Waals surface area contributed by atoms with Gasteiger partial charge in [-0.25, -0.2) is 0 Å². The minimum atomic E-state index is -1.12. The molecule has 0 aromatic heterocycles. The number of carbonyl (C=O) groups excluding carboxylic acids is 3. The van der Waals surface area contributed by atoms with E-state index in [2.05, 4.69) is 6.92 Å². The van der Waals surface area contributed by atoms with Crippen LogP contribution >= 0.6 is 0 Å². The third-order valence-electron chi connectivity index (χ3n) is 6.41. The van der Waals surface area contributed by atoms with Crippen LogP contribution in [0.25, 0.3) is 0 Å². The van der Waals surface area contributed by atoms with E-state index >= 15 is 0 Å². The average molecular weight is 401 g/mol. The summed E-state index contributed by atoms with van der Waals surface area (Å²) in [5.41, 5.74) is -0.404. The lowest BCUT2D eigenvalue weighted by Crippen LogP contribution is -2.45. The number of likely N-dealkylation sites (tertiary alicyclic amines) is 1. The van der Waals surface area contributed by atoms with E-state index in [1.165, 1.54) is 4.90 Å². The van der Waals surface area contributed by atoms with Crippen molar-refractivity contribution in [3.63, 3.8) is 0 Å². The van der Waals surface area contributed by atoms with Gasteiger partial charge in [0, 0.05) is 32.5 Å². The van der Waals surface area contributed by atoms with Gasteiger partial charge in [0.2, 0.25) is 17.7 Å². The number of unbranched alkanes of at least 4 members (excludes halogenated alkanes) is 1. The van der Waals surface area contributed by atoms with Crippen molar-refractivity contribution in [3.8, 4) is 5.75 Å². The fourth-order valence-corrected chi connectivity index (χ4v) is 4.58. The summed E-state index contributed by atoms with van der Waals surface area (Å²) in [6.07, 6.45) is 5.79. The van der Waals surface area contributed by atoms with Crippen molar-refractivity contribution in [1.82, 2.24) is 9.80 Å². The fraction of sp³-hybridized carbons (Fsp3) is 0.609. The molecule has 1 saturated carbocycles. The Balaban J connectivity index is 1.94. The van der Waals surface area contributed by atoms with E-state index in [9.17, 15) is 14.4 Å². The molecule has 6 heteroatoms. The van der Waals surface area contributed by atoms with Gasteiger partial charge in [0.25, 0.3) is 0 Å². The molecule has 6 nitrogen and oxygen atoms in total. The van der Waals surface area contributed by atoms with E-state index in [-0.39, 0.29) is 36.6 Å². The second-order valence-electron chi connectivity index (χ2n) is 8.34. The van der Waals surface area contributed by atoms with Gasteiger partial charge in [-0.05, 0) is 37.0 Å². The van der Waals surface area contributed by atoms with Crippen LogP contribution in [0.4, 0.5) is 0 Å². The molecule has 158 valence electrons. The molecule has 1 aromatic rings. The number of amides is 3. The zero-order chi connectivity index (χ0) is 21.0. The molecular weight excluding hydrogens is 368 g/mol. The highest BCUT2D eigenvalue weighted by molar-refractivity contribution is 6.11. The molecule has 0 radical (unpaired) electrons. The van der Waals surface area contributed by atoms with Gasteiger partial charge in [-0.15, -0.1) is 0 Å². The van der Waals surface area contributed by atoms with E-state index in [1.807, 2.05) is 12.1 Å². The van der Waals surface area contributed by atoms with Crippen molar-refractivity contribution >= 4 is 17.7 Å². The maximum Gasteiger partial charge on any atom is 0.241 e. The summed E-state index contributed by atoms with van der Waals surface area (Å²) >= 11 is 0. The Labute approximate surface area is 173 Å². The van der Waals surface area contributed by atoms with Crippen LogP contribution in [-0.2, 0) is 19.8 Å². The van der Waals surface area contributed by atoms with Gasteiger partial charge < -0.3 is 9.64 Å². The predicted octanol–water partition coefficient (Wildman–Crippen LogP) is 3.28. The molecule has 1 aliphatic heterocycles. The third-order valence-corrected chi connectivity index (χ3v) is 6.41. The van der Waals surface area contributed by atoms with Crippen LogP contribution < -0.4 is 4.74 Å². The van der Waals surface area contributed by atoms with E-state index < -0.39 is 5.41 Å². The maximum atomic E-state index is 13.7. The molecule has 1 heterocycles. The molecule has 1 unspecified atom stereocenters. The zero-order valence-corrected chi connectivity index (χ0v) is 17.8. The summed E-state index contributed by atoms with van der Waals surface area (Å²) in [6, 6.07) is 7.20. The lowest BCUT2D eigenvalue weighted by Gasteiger charge is -2.30. The van der Waals surface area contributed by atoms with Crippen molar-refractivity contribution in [2.45, 2.75) is 69.7 Å². The largest absolute Gasteiger partial charge is 0.497 e. The van der Waals surface area contributed by atoms with Gasteiger partial charge in [-0.1, -0.05) is 38.3 Å². The summed E-state index contributed by atoms with van der Waals surface area (Å²) in [7, 11) is 3.36. The van der Waals surface area contributed by atoms with Gasteiger partial charge >= 0.3 is 0 Å². The Kier molecular flexibility index (Phi) is 6.60. The topological polar surface area (TPSA) is 66.9 Å². The van der Waals surface area contributed by atoms with Gasteiger partial charge in [0.1, 0.15) is 5.75 Å². The summed E-state index contributed by atoms with van der Waals surface area (Å²) in [5, 5.41) is 0. The monoisotopic (exact) mass is 400 g/mol. The Bertz CT molecular complexity index is 755. The van der Waals surface area contributed by atoms with Gasteiger partial charge in [-0.2, -0.15) is 0 Å². The smallest absolute Gasteiger partial charge is 0.241 e. The van der Waals surface area contributed by atoms with Crippen molar-refractivity contribution in [1.29, 1.82) is 0 Å². The van der Waals surface area contributed by atoms with Gasteiger partial charge in [-0.3, -0.25) is 19.3 Å². The molecule has 3 rings (SSSR count). The number of hydrogen-bond acceptors (Lipinski definition) is 4. The Hall–Kier alpha value is -2.37. The lowest BCUT2D eigenvalue weighted by molar-refractivity contribution is -0.144. The molecule has 1 aromatic carbocycles. The highest BCUT2D eigenvalue weighted by Crippen LogP contribution is 2.43. The molecule has 2 fully saturated rings. The van der Waals surface area contributed by atoms with E-state index in [1.54, 1.807) is 31.2 Å². The number of nitrogens with zero attached hydrogens (tertiary/aromatic N) is 2. The molecule has 0 spiro atoms. The maximum absolute atomic E-state index is 13.7. The molecule has 0 N–H and O–H groups in total. The molecule has 1 saturated heterocycles. The summed E-state index contributed by atoms with van der Waals surface area (Å²) in [6.45, 7) is 2.73. The van der Waals surface area contributed by atoms with Crippen LogP contribution in [0, 0.1) is 0 Å². The normalized spacial score (nSPS) is 22.4. The molecule has 1 atom stereocenters. The SMILES string of the molecule is CCCCN(C)C(=O)CC1(c2ccc(OC)cc2)CC(=O)N(C2CCCC2)C1=O. The van der Waals surface area contributed by atoms with Gasteiger partial charge in [0.05, 0.1) is 12.5 Å². The summed E-state index contributed by atoms with van der Waals surface area (Å²) in [5.74, 6) is 0.224. The second-order valence-corrected chi connectivity index (χ2v) is 8.34. The van der Waals surface area contributed by atoms with Crippen molar-refractivity contribution < 1.29 is 19.1 Å². The summed E-state index contributed by atoms with van der Waals surface area (Å²) in [4.78, 5) is 42.8. The highest BCUT2D eigenvalue weighted by Gasteiger charge is 2.55. The van der Waals surface area contributed by atoms with Crippen LogP contribution in [0.5, 0.6) is 5.75 Å².